The molecule has 0 aliphatic heterocycles. The predicted octanol–water partition coefficient (Wildman–Crippen LogP) is 7.52. The second-order valence-corrected chi connectivity index (χ2v) is 12.4. The second kappa shape index (κ2) is 17.9. The summed E-state index contributed by atoms with van der Waals surface area (Å²) in [7, 11) is 1.85. The molecule has 0 heterocycles. The Morgan fingerprint density at radius 1 is 0.760 bits per heavy atom. The number of rotatable bonds is 17. The van der Waals surface area contributed by atoms with Gasteiger partial charge in [0, 0.05) is 5.56 Å². The first-order valence-corrected chi connectivity index (χ1v) is 17.2. The Hall–Kier alpha value is -4.62. The predicted molar refractivity (Wildman–Crippen MR) is 182 cm³/mol. The van der Waals surface area contributed by atoms with E-state index in [0.717, 1.165) is 33.4 Å². The minimum Gasteiger partial charge on any atom is -0.497 e. The lowest BCUT2D eigenvalue weighted by molar-refractivity contribution is -0.291. The molecule has 0 spiro atoms. The maximum atomic E-state index is 13.3. The zero-order chi connectivity index (χ0) is 35.3. The van der Waals surface area contributed by atoms with Crippen molar-refractivity contribution < 1.29 is 56.7 Å². The first-order chi connectivity index (χ1) is 24.4. The molecule has 1 amide bonds. The fourth-order valence-electron chi connectivity index (χ4n) is 5.48. The molecule has 0 saturated carbocycles. The Kier molecular flexibility index (Phi) is 13.1. The third kappa shape index (κ3) is 9.33. The van der Waals surface area contributed by atoms with Gasteiger partial charge in [0.15, 0.2) is 11.5 Å². The minimum atomic E-state index is -4.40. The van der Waals surface area contributed by atoms with E-state index in [1.54, 1.807) is 52.7 Å². The van der Waals surface area contributed by atoms with Crippen LogP contribution in [0.15, 0.2) is 84.9 Å². The molecular formula is C36H40NO12P. The second-order valence-electron chi connectivity index (χ2n) is 10.9. The molecule has 5 rings (SSSR count). The standard InChI is InChI=1S/C36H40NO12P/c1-40-28-16-17-29-30(22-28)31(18-15-27-21-32(41-2)34(42-3)35(43-4)33(27)29)37-36(38)44-19-20-47-50(39,48-45-23-25-11-7-5-8-12-25)49-46-24-26-13-9-6-10-14-26/h5-14,16-17,21-22,31H,15,18-20,23-24H2,1-4H3,(H,37,38)/t31-/m0/s1. The summed E-state index contributed by atoms with van der Waals surface area (Å²) < 4.78 is 56.8. The summed E-state index contributed by atoms with van der Waals surface area (Å²) in [6, 6.07) is 25.3. The minimum absolute atomic E-state index is 0.0297. The van der Waals surface area contributed by atoms with E-state index in [0.29, 0.717) is 35.8 Å². The van der Waals surface area contributed by atoms with Crippen LogP contribution in [0.25, 0.3) is 11.1 Å². The summed E-state index contributed by atoms with van der Waals surface area (Å²) >= 11 is 0. The highest BCUT2D eigenvalue weighted by molar-refractivity contribution is 7.48. The molecule has 0 saturated heterocycles. The van der Waals surface area contributed by atoms with Crippen molar-refractivity contribution in [2.24, 2.45) is 0 Å². The Labute approximate surface area is 290 Å². The summed E-state index contributed by atoms with van der Waals surface area (Å²) in [5, 5.41) is 2.94. The van der Waals surface area contributed by atoms with E-state index in [2.05, 4.69) is 5.32 Å². The maximum absolute atomic E-state index is 13.3. The Morgan fingerprint density at radius 3 is 1.98 bits per heavy atom. The number of carbonyl (C=O) groups is 1. The highest BCUT2D eigenvalue weighted by atomic mass is 31.2. The lowest BCUT2D eigenvalue weighted by Gasteiger charge is -2.21. The van der Waals surface area contributed by atoms with Gasteiger partial charge in [0.2, 0.25) is 5.75 Å². The number of amides is 1. The molecule has 0 radical (unpaired) electrons. The molecule has 4 aromatic carbocycles. The Morgan fingerprint density at radius 2 is 1.40 bits per heavy atom. The van der Waals surface area contributed by atoms with E-state index in [4.69, 9.17) is 47.3 Å². The molecule has 1 atom stereocenters. The molecule has 0 unspecified atom stereocenters. The van der Waals surface area contributed by atoms with Gasteiger partial charge in [-0.3, -0.25) is 4.52 Å². The summed E-state index contributed by atoms with van der Waals surface area (Å²) in [5.41, 5.74) is 4.93. The normalized spacial score (nSPS) is 13.7. The lowest BCUT2D eigenvalue weighted by Crippen LogP contribution is -2.30. The molecule has 1 aliphatic carbocycles. The van der Waals surface area contributed by atoms with Crippen LogP contribution in [0.2, 0.25) is 0 Å². The molecule has 0 aromatic heterocycles. The number of alkyl carbamates (subject to hydrolysis) is 1. The number of aryl methyl sites for hydroxylation is 1. The van der Waals surface area contributed by atoms with Gasteiger partial charge in [-0.25, -0.2) is 19.1 Å². The van der Waals surface area contributed by atoms with Gasteiger partial charge < -0.3 is 29.0 Å². The number of ether oxygens (including phenoxy) is 5. The zero-order valence-corrected chi connectivity index (χ0v) is 29.1. The first kappa shape index (κ1) is 36.7. The van der Waals surface area contributed by atoms with Crippen molar-refractivity contribution in [1.29, 1.82) is 0 Å². The van der Waals surface area contributed by atoms with E-state index < -0.39 is 20.0 Å². The Bertz CT molecular complexity index is 1710. The van der Waals surface area contributed by atoms with Crippen molar-refractivity contribution in [2.75, 3.05) is 41.7 Å². The van der Waals surface area contributed by atoms with Gasteiger partial charge in [0.25, 0.3) is 0 Å². The van der Waals surface area contributed by atoms with Gasteiger partial charge in [0.1, 0.15) is 25.6 Å². The lowest BCUT2D eigenvalue weighted by atomic mass is 9.93. The van der Waals surface area contributed by atoms with Crippen molar-refractivity contribution in [2.45, 2.75) is 32.1 Å². The monoisotopic (exact) mass is 709 g/mol. The van der Waals surface area contributed by atoms with Crippen molar-refractivity contribution >= 4 is 13.9 Å². The highest BCUT2D eigenvalue weighted by Gasteiger charge is 2.32. The van der Waals surface area contributed by atoms with E-state index >= 15 is 0 Å². The molecule has 13 nitrogen and oxygen atoms in total. The molecule has 1 N–H and O–H groups in total. The topological polar surface area (TPSA) is 138 Å². The van der Waals surface area contributed by atoms with Crippen LogP contribution in [0.1, 0.15) is 34.7 Å². The van der Waals surface area contributed by atoms with Crippen LogP contribution >= 0.6 is 7.82 Å². The van der Waals surface area contributed by atoms with Gasteiger partial charge in [0.05, 0.1) is 41.1 Å². The average Bonchev–Trinajstić information content (AvgIpc) is 3.29. The number of fused-ring (bicyclic) bond motifs is 3. The molecule has 4 aromatic rings. The zero-order valence-electron chi connectivity index (χ0n) is 28.2. The van der Waals surface area contributed by atoms with E-state index in [-0.39, 0.29) is 26.4 Å². The Balaban J connectivity index is 1.23. The number of methoxy groups -OCH3 is 4. The molecule has 50 heavy (non-hydrogen) atoms. The van der Waals surface area contributed by atoms with Gasteiger partial charge in [-0.2, -0.15) is 0 Å². The number of carbonyl (C=O) groups excluding carboxylic acids is 1. The van der Waals surface area contributed by atoms with Crippen molar-refractivity contribution in [1.82, 2.24) is 5.32 Å². The number of hydrogen-bond donors (Lipinski definition) is 1. The van der Waals surface area contributed by atoms with Crippen LogP contribution < -0.4 is 24.3 Å². The number of phosphoric acid groups is 1. The van der Waals surface area contributed by atoms with Gasteiger partial charge in [-0.15, -0.1) is 9.35 Å². The first-order valence-electron chi connectivity index (χ1n) is 15.8. The molecular weight excluding hydrogens is 669 g/mol. The fraction of sp³-hybridized carbons (Fsp3) is 0.306. The smallest absolute Gasteiger partial charge is 0.497 e. The number of nitrogens with one attached hydrogen (secondary N) is 1. The van der Waals surface area contributed by atoms with Crippen molar-refractivity contribution in [3.8, 4) is 34.1 Å². The highest BCUT2D eigenvalue weighted by Crippen LogP contribution is 2.51. The quantitative estimate of drug-likeness (QED) is 0.0502. The average molecular weight is 710 g/mol. The maximum Gasteiger partial charge on any atom is 0.529 e. The van der Waals surface area contributed by atoms with E-state index in [1.165, 1.54) is 0 Å². The van der Waals surface area contributed by atoms with Crippen LogP contribution in [0.4, 0.5) is 4.79 Å². The third-order valence-corrected chi connectivity index (χ3v) is 8.88. The molecule has 1 aliphatic rings. The fourth-order valence-corrected chi connectivity index (χ4v) is 6.25. The van der Waals surface area contributed by atoms with Crippen LogP contribution in [-0.4, -0.2) is 47.7 Å². The number of benzene rings is 4. The summed E-state index contributed by atoms with van der Waals surface area (Å²) in [6.45, 7) is -0.707. The van der Waals surface area contributed by atoms with Gasteiger partial charge in [-0.1, -0.05) is 66.7 Å². The van der Waals surface area contributed by atoms with Crippen LogP contribution in [0.3, 0.4) is 0 Å². The van der Waals surface area contributed by atoms with Crippen LogP contribution in [0, 0.1) is 0 Å². The van der Waals surface area contributed by atoms with Gasteiger partial charge >= 0.3 is 13.9 Å². The summed E-state index contributed by atoms with van der Waals surface area (Å²) in [4.78, 5) is 23.4. The molecule has 0 fully saturated rings. The molecule has 14 heteroatoms. The van der Waals surface area contributed by atoms with Gasteiger partial charge in [-0.05, 0) is 58.9 Å². The summed E-state index contributed by atoms with van der Waals surface area (Å²) in [5.74, 6) is 2.12. The molecule has 266 valence electrons. The van der Waals surface area contributed by atoms with Crippen molar-refractivity contribution in [3.05, 3.63) is 107 Å². The SMILES string of the molecule is COc1ccc2c(c1)[C@@H](NC(=O)OCCOP(=O)(OOCc1ccccc1)OOCc1ccccc1)CCc1cc(OC)c(OC)c(OC)c1-2. The van der Waals surface area contributed by atoms with Crippen molar-refractivity contribution in [3.63, 3.8) is 0 Å². The largest absolute Gasteiger partial charge is 0.529 e. The van der Waals surface area contributed by atoms with E-state index in [1.807, 2.05) is 60.7 Å². The third-order valence-electron chi connectivity index (χ3n) is 7.80. The van der Waals surface area contributed by atoms with Crippen LogP contribution in [0.5, 0.6) is 23.0 Å². The van der Waals surface area contributed by atoms with E-state index in [9.17, 15) is 9.36 Å². The number of hydrogen-bond acceptors (Lipinski definition) is 12. The van der Waals surface area contributed by atoms with Crippen LogP contribution in [-0.2, 0) is 52.6 Å². The summed E-state index contributed by atoms with van der Waals surface area (Å²) in [6.07, 6.45) is 0.366. The molecule has 0 bridgehead atoms.